The van der Waals surface area contributed by atoms with Crippen molar-refractivity contribution in [3.05, 3.63) is 40.6 Å². The minimum Gasteiger partial charge on any atom is -0.441 e. The molecule has 2 rings (SSSR count). The van der Waals surface area contributed by atoms with E-state index >= 15 is 0 Å². The second kappa shape index (κ2) is 5.65. The molecule has 0 saturated carbocycles. The topological polar surface area (TPSA) is 26.0 Å². The minimum atomic E-state index is -0.304. The molecule has 0 aliphatic carbocycles. The third-order valence-corrected chi connectivity index (χ3v) is 3.23. The monoisotopic (exact) mass is 317 g/mol. The van der Waals surface area contributed by atoms with E-state index in [0.29, 0.717) is 29.5 Å². The van der Waals surface area contributed by atoms with Crippen LogP contribution in [-0.2, 0) is 6.42 Å². The number of hydrogen-bond acceptors (Lipinski definition) is 2. The first kappa shape index (κ1) is 12.6. The van der Waals surface area contributed by atoms with Crippen molar-refractivity contribution in [1.82, 2.24) is 4.98 Å². The van der Waals surface area contributed by atoms with Crippen LogP contribution >= 0.6 is 27.5 Å². The van der Waals surface area contributed by atoms with Crippen molar-refractivity contribution >= 4 is 27.5 Å². The van der Waals surface area contributed by atoms with E-state index in [1.54, 1.807) is 12.3 Å². The van der Waals surface area contributed by atoms with Crippen LogP contribution in [0.1, 0.15) is 12.3 Å². The highest BCUT2D eigenvalue weighted by molar-refractivity contribution is 9.10. The highest BCUT2D eigenvalue weighted by Gasteiger charge is 2.10. The molecule has 0 aliphatic heterocycles. The highest BCUT2D eigenvalue weighted by Crippen LogP contribution is 2.29. The predicted octanol–water partition coefficient (Wildman–Crippen LogP) is 4.41. The number of rotatable bonds is 4. The normalized spacial score (nSPS) is 10.8. The zero-order chi connectivity index (χ0) is 12.3. The molecule has 0 saturated heterocycles. The fourth-order valence-corrected chi connectivity index (χ4v) is 2.03. The largest absolute Gasteiger partial charge is 0.441 e. The smallest absolute Gasteiger partial charge is 0.194 e. The van der Waals surface area contributed by atoms with E-state index in [0.717, 1.165) is 10.9 Å². The molecule has 0 atom stereocenters. The third kappa shape index (κ3) is 3.07. The lowest BCUT2D eigenvalue weighted by molar-refractivity contribution is 0.502. The van der Waals surface area contributed by atoms with Crippen molar-refractivity contribution in [2.24, 2.45) is 0 Å². The van der Waals surface area contributed by atoms with Gasteiger partial charge in [-0.05, 0) is 24.6 Å². The van der Waals surface area contributed by atoms with Crippen LogP contribution in [0.2, 0.25) is 0 Å². The van der Waals surface area contributed by atoms with Crippen LogP contribution in [0, 0.1) is 5.82 Å². The lowest BCUT2D eigenvalue weighted by Crippen LogP contribution is -1.84. The molecule has 0 spiro atoms. The van der Waals surface area contributed by atoms with Gasteiger partial charge in [0.1, 0.15) is 5.82 Å². The van der Waals surface area contributed by atoms with Crippen LogP contribution < -0.4 is 0 Å². The van der Waals surface area contributed by atoms with Gasteiger partial charge >= 0.3 is 0 Å². The summed E-state index contributed by atoms with van der Waals surface area (Å²) in [7, 11) is 0. The van der Waals surface area contributed by atoms with Crippen LogP contribution in [0.5, 0.6) is 0 Å². The first-order valence-electron chi connectivity index (χ1n) is 5.17. The number of nitrogens with zero attached hydrogens (tertiary/aromatic N) is 1. The number of hydrogen-bond donors (Lipinski definition) is 0. The quantitative estimate of drug-likeness (QED) is 0.780. The molecule has 90 valence electrons. The summed E-state index contributed by atoms with van der Waals surface area (Å²) in [4.78, 5) is 4.13. The number of oxazole rings is 1. The lowest BCUT2D eigenvalue weighted by atomic mass is 10.2. The zero-order valence-corrected chi connectivity index (χ0v) is 11.3. The molecule has 2 nitrogen and oxygen atoms in total. The van der Waals surface area contributed by atoms with Crippen molar-refractivity contribution in [2.45, 2.75) is 12.8 Å². The second-order valence-electron chi connectivity index (χ2n) is 3.53. The zero-order valence-electron chi connectivity index (χ0n) is 8.92. The SMILES string of the molecule is Fc1ccc(Br)c(-c2cnc(CCCCl)o2)c1. The van der Waals surface area contributed by atoms with E-state index in [1.807, 2.05) is 0 Å². The molecule has 0 aliphatic rings. The second-order valence-corrected chi connectivity index (χ2v) is 4.77. The molecule has 5 heteroatoms. The van der Waals surface area contributed by atoms with Crippen molar-refractivity contribution in [1.29, 1.82) is 0 Å². The van der Waals surface area contributed by atoms with Crippen molar-refractivity contribution < 1.29 is 8.81 Å². The van der Waals surface area contributed by atoms with Gasteiger partial charge in [-0.25, -0.2) is 9.37 Å². The summed E-state index contributed by atoms with van der Waals surface area (Å²) in [6.45, 7) is 0. The number of benzene rings is 1. The summed E-state index contributed by atoms with van der Waals surface area (Å²) in [6, 6.07) is 4.44. The molecule has 1 aromatic heterocycles. The van der Waals surface area contributed by atoms with Gasteiger partial charge in [0, 0.05) is 22.3 Å². The Hall–Kier alpha value is -0.870. The summed E-state index contributed by atoms with van der Waals surface area (Å²) in [5.74, 6) is 1.45. The molecule has 0 fully saturated rings. The standard InChI is InChI=1S/C12H10BrClFNO/c13-10-4-3-8(15)6-9(10)11-7-16-12(17-11)2-1-5-14/h3-4,6-7H,1-2,5H2. The van der Waals surface area contributed by atoms with E-state index in [4.69, 9.17) is 16.0 Å². The number of halogens is 3. The Labute approximate surface area is 112 Å². The van der Waals surface area contributed by atoms with E-state index in [2.05, 4.69) is 20.9 Å². The van der Waals surface area contributed by atoms with Gasteiger partial charge in [0.25, 0.3) is 0 Å². The number of aryl methyl sites for hydroxylation is 1. The molecule has 2 aromatic rings. The molecular weight excluding hydrogens is 308 g/mol. The Morgan fingerprint density at radius 2 is 2.24 bits per heavy atom. The molecule has 1 aromatic carbocycles. The molecular formula is C12H10BrClFNO. The van der Waals surface area contributed by atoms with Crippen molar-refractivity contribution in [3.8, 4) is 11.3 Å². The first-order chi connectivity index (χ1) is 8.20. The summed E-state index contributed by atoms with van der Waals surface area (Å²) < 4.78 is 19.5. The first-order valence-corrected chi connectivity index (χ1v) is 6.49. The van der Waals surface area contributed by atoms with Gasteiger partial charge in [-0.15, -0.1) is 11.6 Å². The average molecular weight is 319 g/mol. The van der Waals surface area contributed by atoms with Gasteiger partial charge in [-0.1, -0.05) is 15.9 Å². The van der Waals surface area contributed by atoms with Crippen LogP contribution in [0.15, 0.2) is 33.3 Å². The van der Waals surface area contributed by atoms with Crippen LogP contribution in [0.3, 0.4) is 0 Å². The lowest BCUT2D eigenvalue weighted by Gasteiger charge is -2.00. The molecule has 1 heterocycles. The highest BCUT2D eigenvalue weighted by atomic mass is 79.9. The Morgan fingerprint density at radius 3 is 3.00 bits per heavy atom. The van der Waals surface area contributed by atoms with E-state index in [1.165, 1.54) is 12.1 Å². The van der Waals surface area contributed by atoms with Gasteiger partial charge in [0.2, 0.25) is 0 Å². The van der Waals surface area contributed by atoms with E-state index in [-0.39, 0.29) is 5.82 Å². The summed E-state index contributed by atoms with van der Waals surface area (Å²) in [5, 5.41) is 0. The maximum absolute atomic E-state index is 13.1. The molecule has 0 radical (unpaired) electrons. The molecule has 0 amide bonds. The Balaban J connectivity index is 2.27. The van der Waals surface area contributed by atoms with Gasteiger partial charge in [0.15, 0.2) is 11.7 Å². The predicted molar refractivity (Wildman–Crippen MR) is 68.6 cm³/mol. The average Bonchev–Trinajstić information content (AvgIpc) is 2.78. The van der Waals surface area contributed by atoms with Gasteiger partial charge in [-0.2, -0.15) is 0 Å². The Morgan fingerprint density at radius 1 is 1.41 bits per heavy atom. The summed E-state index contributed by atoms with van der Waals surface area (Å²) in [6.07, 6.45) is 3.10. The van der Waals surface area contributed by atoms with Gasteiger partial charge < -0.3 is 4.42 Å². The van der Waals surface area contributed by atoms with E-state index in [9.17, 15) is 4.39 Å². The molecule has 0 bridgehead atoms. The minimum absolute atomic E-state index is 0.304. The van der Waals surface area contributed by atoms with E-state index < -0.39 is 0 Å². The van der Waals surface area contributed by atoms with Crippen molar-refractivity contribution in [2.75, 3.05) is 5.88 Å². The van der Waals surface area contributed by atoms with Gasteiger partial charge in [0.05, 0.1) is 6.20 Å². The maximum Gasteiger partial charge on any atom is 0.194 e. The van der Waals surface area contributed by atoms with Crippen LogP contribution in [-0.4, -0.2) is 10.9 Å². The molecule has 0 unspecified atom stereocenters. The Kier molecular flexibility index (Phi) is 4.18. The summed E-state index contributed by atoms with van der Waals surface area (Å²) in [5.41, 5.74) is 0.662. The van der Waals surface area contributed by atoms with Crippen LogP contribution in [0.25, 0.3) is 11.3 Å². The Bertz CT molecular complexity index is 515. The molecule has 0 N–H and O–H groups in total. The molecule has 17 heavy (non-hydrogen) atoms. The third-order valence-electron chi connectivity index (χ3n) is 2.27. The number of alkyl halides is 1. The maximum atomic E-state index is 13.1. The van der Waals surface area contributed by atoms with Crippen LogP contribution in [0.4, 0.5) is 4.39 Å². The fraction of sp³-hybridized carbons (Fsp3) is 0.250. The summed E-state index contributed by atoms with van der Waals surface area (Å²) >= 11 is 8.95. The number of aromatic nitrogens is 1. The fourth-order valence-electron chi connectivity index (χ4n) is 1.45. The van der Waals surface area contributed by atoms with Crippen molar-refractivity contribution in [3.63, 3.8) is 0 Å². The van der Waals surface area contributed by atoms with Gasteiger partial charge in [-0.3, -0.25) is 0 Å².